The largest absolute Gasteiger partial charge is 0.508 e. The van der Waals surface area contributed by atoms with E-state index in [1.54, 1.807) is 6.07 Å². The molecular formula is C11H14O. The second-order valence-corrected chi connectivity index (χ2v) is 2.81. The number of hydrogen-bond acceptors (Lipinski definition) is 1. The van der Waals surface area contributed by atoms with Crippen LogP contribution in [-0.2, 0) is 6.42 Å². The van der Waals surface area contributed by atoms with E-state index in [9.17, 15) is 5.11 Å². The molecule has 1 rings (SSSR count). The molecule has 0 unspecified atom stereocenters. The van der Waals surface area contributed by atoms with Crippen LogP contribution in [0.4, 0.5) is 0 Å². The molecule has 0 aliphatic rings. The number of allylic oxidation sites excluding steroid dienone is 1. The van der Waals surface area contributed by atoms with Crippen molar-refractivity contribution < 1.29 is 5.11 Å². The van der Waals surface area contributed by atoms with E-state index in [-0.39, 0.29) is 0 Å². The van der Waals surface area contributed by atoms with E-state index in [1.807, 2.05) is 24.3 Å². The van der Waals surface area contributed by atoms with Gasteiger partial charge in [0.2, 0.25) is 0 Å². The molecule has 0 atom stereocenters. The Balaban J connectivity index is 2.51. The van der Waals surface area contributed by atoms with Gasteiger partial charge in [-0.15, -0.1) is 6.58 Å². The molecule has 0 heterocycles. The van der Waals surface area contributed by atoms with Gasteiger partial charge < -0.3 is 5.11 Å². The van der Waals surface area contributed by atoms with Crippen LogP contribution < -0.4 is 0 Å². The topological polar surface area (TPSA) is 20.2 Å². The lowest BCUT2D eigenvalue weighted by Gasteiger charge is -2.01. The van der Waals surface area contributed by atoms with Gasteiger partial charge in [0.15, 0.2) is 0 Å². The Labute approximate surface area is 73.4 Å². The first-order valence-electron chi connectivity index (χ1n) is 4.22. The highest BCUT2D eigenvalue weighted by molar-refractivity contribution is 5.31. The second kappa shape index (κ2) is 4.60. The number of aromatic hydroxyl groups is 1. The minimum Gasteiger partial charge on any atom is -0.508 e. The predicted molar refractivity (Wildman–Crippen MR) is 51.2 cm³/mol. The fraction of sp³-hybridized carbons (Fsp3) is 0.273. The minimum absolute atomic E-state index is 0.404. The highest BCUT2D eigenvalue weighted by Crippen LogP contribution is 2.17. The van der Waals surface area contributed by atoms with Gasteiger partial charge >= 0.3 is 0 Å². The maximum Gasteiger partial charge on any atom is 0.118 e. The molecule has 1 nitrogen and oxygen atoms in total. The molecule has 0 radical (unpaired) electrons. The van der Waals surface area contributed by atoms with Crippen LogP contribution in [0.15, 0.2) is 36.9 Å². The van der Waals surface area contributed by atoms with E-state index >= 15 is 0 Å². The number of unbranched alkanes of at least 4 members (excludes halogenated alkanes) is 1. The van der Waals surface area contributed by atoms with Crippen molar-refractivity contribution >= 4 is 0 Å². The van der Waals surface area contributed by atoms with E-state index < -0.39 is 0 Å². The van der Waals surface area contributed by atoms with Crippen LogP contribution in [0.5, 0.6) is 5.75 Å². The van der Waals surface area contributed by atoms with Crippen molar-refractivity contribution in [3.8, 4) is 5.75 Å². The average Bonchev–Trinajstić information content (AvgIpc) is 2.09. The maximum absolute atomic E-state index is 9.38. The Hall–Kier alpha value is -1.24. The van der Waals surface area contributed by atoms with Crippen molar-refractivity contribution in [3.63, 3.8) is 0 Å². The number of rotatable bonds is 4. The Morgan fingerprint density at radius 3 is 2.75 bits per heavy atom. The van der Waals surface area contributed by atoms with Gasteiger partial charge in [0, 0.05) is 0 Å². The van der Waals surface area contributed by atoms with E-state index in [0.717, 1.165) is 24.8 Å². The SMILES string of the molecule is C=CCCCc1ccccc1O. The molecule has 64 valence electrons. The van der Waals surface area contributed by atoms with Gasteiger partial charge in [-0.2, -0.15) is 0 Å². The fourth-order valence-electron chi connectivity index (χ4n) is 1.16. The van der Waals surface area contributed by atoms with Crippen LogP contribution in [0.1, 0.15) is 18.4 Å². The molecule has 1 heteroatoms. The van der Waals surface area contributed by atoms with E-state index in [2.05, 4.69) is 6.58 Å². The summed E-state index contributed by atoms with van der Waals surface area (Å²) in [7, 11) is 0. The summed E-state index contributed by atoms with van der Waals surface area (Å²) in [4.78, 5) is 0. The highest BCUT2D eigenvalue weighted by atomic mass is 16.3. The molecule has 1 aromatic carbocycles. The van der Waals surface area contributed by atoms with Crippen LogP contribution in [0.2, 0.25) is 0 Å². The normalized spacial score (nSPS) is 9.67. The predicted octanol–water partition coefficient (Wildman–Crippen LogP) is 2.90. The first kappa shape index (κ1) is 8.85. The maximum atomic E-state index is 9.38. The van der Waals surface area contributed by atoms with Crippen LogP contribution in [0, 0.1) is 0 Å². The third kappa shape index (κ3) is 2.42. The first-order chi connectivity index (χ1) is 5.84. The summed E-state index contributed by atoms with van der Waals surface area (Å²) in [6.07, 6.45) is 4.90. The van der Waals surface area contributed by atoms with Crippen LogP contribution >= 0.6 is 0 Å². The zero-order chi connectivity index (χ0) is 8.81. The zero-order valence-electron chi connectivity index (χ0n) is 7.16. The molecule has 0 saturated heterocycles. The summed E-state index contributed by atoms with van der Waals surface area (Å²) in [5.74, 6) is 0.404. The van der Waals surface area contributed by atoms with Gasteiger partial charge in [0.25, 0.3) is 0 Å². The Kier molecular flexibility index (Phi) is 3.39. The molecule has 0 aliphatic carbocycles. The Bertz CT molecular complexity index is 253. The fourth-order valence-corrected chi connectivity index (χ4v) is 1.16. The average molecular weight is 162 g/mol. The molecule has 0 bridgehead atoms. The number of aryl methyl sites for hydroxylation is 1. The molecule has 12 heavy (non-hydrogen) atoms. The number of para-hydroxylation sites is 1. The van der Waals surface area contributed by atoms with Gasteiger partial charge in [-0.05, 0) is 30.9 Å². The summed E-state index contributed by atoms with van der Waals surface area (Å²) in [5.41, 5.74) is 1.03. The van der Waals surface area contributed by atoms with Crippen LogP contribution in [0.25, 0.3) is 0 Å². The van der Waals surface area contributed by atoms with Crippen molar-refractivity contribution in [2.24, 2.45) is 0 Å². The van der Waals surface area contributed by atoms with Gasteiger partial charge in [-0.25, -0.2) is 0 Å². The molecule has 0 spiro atoms. The molecule has 0 amide bonds. The number of phenols is 1. The van der Waals surface area contributed by atoms with Crippen molar-refractivity contribution in [2.75, 3.05) is 0 Å². The Morgan fingerprint density at radius 1 is 1.33 bits per heavy atom. The lowest BCUT2D eigenvalue weighted by Crippen LogP contribution is -1.84. The van der Waals surface area contributed by atoms with Gasteiger partial charge in [0.05, 0.1) is 0 Å². The summed E-state index contributed by atoms with van der Waals surface area (Å²) >= 11 is 0. The third-order valence-corrected chi connectivity index (χ3v) is 1.85. The van der Waals surface area contributed by atoms with Crippen molar-refractivity contribution in [1.82, 2.24) is 0 Å². The summed E-state index contributed by atoms with van der Waals surface area (Å²) in [6.45, 7) is 3.65. The smallest absolute Gasteiger partial charge is 0.118 e. The quantitative estimate of drug-likeness (QED) is 0.533. The van der Waals surface area contributed by atoms with Crippen LogP contribution in [-0.4, -0.2) is 5.11 Å². The highest BCUT2D eigenvalue weighted by Gasteiger charge is 1.97. The van der Waals surface area contributed by atoms with E-state index in [1.165, 1.54) is 0 Å². The molecular weight excluding hydrogens is 148 g/mol. The van der Waals surface area contributed by atoms with Gasteiger partial charge in [-0.1, -0.05) is 24.3 Å². The lowest BCUT2D eigenvalue weighted by atomic mass is 10.1. The zero-order valence-corrected chi connectivity index (χ0v) is 7.16. The molecule has 1 N–H and O–H groups in total. The van der Waals surface area contributed by atoms with E-state index in [0.29, 0.717) is 5.75 Å². The first-order valence-corrected chi connectivity index (χ1v) is 4.22. The molecule has 0 aliphatic heterocycles. The van der Waals surface area contributed by atoms with Crippen molar-refractivity contribution in [3.05, 3.63) is 42.5 Å². The third-order valence-electron chi connectivity index (χ3n) is 1.85. The van der Waals surface area contributed by atoms with Crippen molar-refractivity contribution in [1.29, 1.82) is 0 Å². The second-order valence-electron chi connectivity index (χ2n) is 2.81. The lowest BCUT2D eigenvalue weighted by molar-refractivity contribution is 0.467. The van der Waals surface area contributed by atoms with Crippen LogP contribution in [0.3, 0.4) is 0 Å². The monoisotopic (exact) mass is 162 g/mol. The van der Waals surface area contributed by atoms with Gasteiger partial charge in [0.1, 0.15) is 5.75 Å². The Morgan fingerprint density at radius 2 is 2.08 bits per heavy atom. The molecule has 0 aromatic heterocycles. The van der Waals surface area contributed by atoms with Gasteiger partial charge in [-0.3, -0.25) is 0 Å². The standard InChI is InChI=1S/C11H14O/c1-2-3-4-7-10-8-5-6-9-11(10)12/h2,5-6,8-9,12H,1,3-4,7H2. The molecule has 1 aromatic rings. The molecule has 0 saturated carbocycles. The van der Waals surface area contributed by atoms with E-state index in [4.69, 9.17) is 0 Å². The summed E-state index contributed by atoms with van der Waals surface area (Å²) in [5, 5.41) is 9.38. The summed E-state index contributed by atoms with van der Waals surface area (Å²) < 4.78 is 0. The number of benzene rings is 1. The van der Waals surface area contributed by atoms with Crippen molar-refractivity contribution in [2.45, 2.75) is 19.3 Å². The number of phenolic OH excluding ortho intramolecular Hbond substituents is 1. The molecule has 0 fully saturated rings. The number of hydrogen-bond donors (Lipinski definition) is 1. The minimum atomic E-state index is 0.404. The summed E-state index contributed by atoms with van der Waals surface area (Å²) in [6, 6.07) is 7.47.